The average Bonchev–Trinajstić information content (AvgIpc) is 3.50. The summed E-state index contributed by atoms with van der Waals surface area (Å²) in [4.78, 5) is 43.1. The minimum absolute atomic E-state index is 0.0215. The van der Waals surface area contributed by atoms with Gasteiger partial charge in [-0.05, 0) is 25.3 Å². The van der Waals surface area contributed by atoms with Crippen LogP contribution >= 0.6 is 0 Å². The van der Waals surface area contributed by atoms with Crippen molar-refractivity contribution in [3.05, 3.63) is 52.8 Å². The summed E-state index contributed by atoms with van der Waals surface area (Å²) in [6.45, 7) is 7.44. The van der Waals surface area contributed by atoms with Crippen molar-refractivity contribution in [2.45, 2.75) is 46.3 Å². The molecule has 0 bridgehead atoms. The van der Waals surface area contributed by atoms with E-state index in [2.05, 4.69) is 15.6 Å². The molecule has 0 saturated heterocycles. The van der Waals surface area contributed by atoms with Crippen LogP contribution in [0.4, 0.5) is 0 Å². The molecule has 1 aliphatic rings. The van der Waals surface area contributed by atoms with E-state index in [1.54, 1.807) is 24.7 Å². The quantitative estimate of drug-likeness (QED) is 0.465. The third-order valence-electron chi connectivity index (χ3n) is 5.85. The number of benzene rings is 1. The summed E-state index contributed by atoms with van der Waals surface area (Å²) in [6, 6.07) is 2.58. The molecular formula is C24H29N5O5. The average molecular weight is 468 g/mol. The van der Waals surface area contributed by atoms with Crippen molar-refractivity contribution in [1.82, 2.24) is 24.8 Å². The fraction of sp³-hybridized carbons (Fsp3) is 0.417. The molecule has 0 unspecified atom stereocenters. The Morgan fingerprint density at radius 1 is 1.21 bits per heavy atom. The molecule has 180 valence electrons. The molecule has 1 aromatic carbocycles. The molecule has 0 spiro atoms. The van der Waals surface area contributed by atoms with Gasteiger partial charge in [0.15, 0.2) is 11.5 Å². The minimum Gasteiger partial charge on any atom is -0.454 e. The van der Waals surface area contributed by atoms with E-state index in [0.717, 1.165) is 13.0 Å². The van der Waals surface area contributed by atoms with Crippen molar-refractivity contribution in [2.75, 3.05) is 13.3 Å². The second kappa shape index (κ2) is 9.98. The molecule has 3 aromatic rings. The second-order valence-electron chi connectivity index (χ2n) is 8.52. The number of nitrogens with zero attached hydrogens (tertiary/aromatic N) is 3. The highest BCUT2D eigenvalue weighted by Crippen LogP contribution is 2.35. The molecular weight excluding hydrogens is 438 g/mol. The number of aryl methyl sites for hydroxylation is 2. The summed E-state index contributed by atoms with van der Waals surface area (Å²) in [5.74, 6) is 0.00378. The summed E-state index contributed by atoms with van der Waals surface area (Å²) in [7, 11) is 0. The maximum atomic E-state index is 13.2. The van der Waals surface area contributed by atoms with E-state index in [9.17, 15) is 14.4 Å². The predicted octanol–water partition coefficient (Wildman–Crippen LogP) is 1.91. The van der Waals surface area contributed by atoms with Gasteiger partial charge in [0, 0.05) is 44.3 Å². The van der Waals surface area contributed by atoms with E-state index < -0.39 is 17.4 Å². The van der Waals surface area contributed by atoms with Gasteiger partial charge in [0.25, 0.3) is 5.91 Å². The van der Waals surface area contributed by atoms with Gasteiger partial charge in [0.1, 0.15) is 11.6 Å². The molecule has 3 heterocycles. The monoisotopic (exact) mass is 467 g/mol. The first-order valence-corrected chi connectivity index (χ1v) is 11.4. The zero-order chi connectivity index (χ0) is 24.2. The van der Waals surface area contributed by atoms with Crippen LogP contribution < -0.4 is 25.5 Å². The Morgan fingerprint density at radius 2 is 1.97 bits per heavy atom. The van der Waals surface area contributed by atoms with Crippen LogP contribution in [0.5, 0.6) is 11.5 Å². The number of rotatable bonds is 9. The van der Waals surface area contributed by atoms with Gasteiger partial charge in [-0.1, -0.05) is 13.8 Å². The van der Waals surface area contributed by atoms with Crippen LogP contribution in [0.3, 0.4) is 0 Å². The molecule has 10 heteroatoms. The van der Waals surface area contributed by atoms with Crippen LogP contribution in [0.25, 0.3) is 10.9 Å². The number of amides is 2. The second-order valence-corrected chi connectivity index (χ2v) is 8.52. The van der Waals surface area contributed by atoms with Gasteiger partial charge in [-0.15, -0.1) is 0 Å². The van der Waals surface area contributed by atoms with Crippen LogP contribution in [-0.4, -0.2) is 45.3 Å². The predicted molar refractivity (Wildman–Crippen MR) is 126 cm³/mol. The number of carbonyl (C=O) groups is 2. The van der Waals surface area contributed by atoms with Crippen LogP contribution in [0.2, 0.25) is 0 Å². The van der Waals surface area contributed by atoms with Crippen molar-refractivity contribution in [3.63, 3.8) is 0 Å². The van der Waals surface area contributed by atoms with E-state index >= 15 is 0 Å². The number of imidazole rings is 1. The normalized spacial score (nSPS) is 13.3. The fourth-order valence-corrected chi connectivity index (χ4v) is 3.96. The lowest BCUT2D eigenvalue weighted by atomic mass is 10.0. The minimum atomic E-state index is -0.775. The first-order chi connectivity index (χ1) is 16.4. The zero-order valence-electron chi connectivity index (χ0n) is 19.5. The number of nitrogens with one attached hydrogen (secondary N) is 2. The molecule has 2 N–H and O–H groups in total. The SMILES string of the molecule is CCn1cc(C(=O)N[C@H](C(=O)NCCCn2ccnc2)C(C)C)c(=O)c2cc3c(cc21)OCO3. The molecule has 4 rings (SSSR count). The molecule has 1 atom stereocenters. The molecule has 0 aliphatic carbocycles. The lowest BCUT2D eigenvalue weighted by molar-refractivity contribution is -0.123. The number of hydrogen-bond acceptors (Lipinski definition) is 6. The van der Waals surface area contributed by atoms with Gasteiger partial charge in [0.2, 0.25) is 18.1 Å². The van der Waals surface area contributed by atoms with Crippen molar-refractivity contribution in [2.24, 2.45) is 5.92 Å². The number of ether oxygens (including phenoxy) is 2. The summed E-state index contributed by atoms with van der Waals surface area (Å²) in [5.41, 5.74) is 0.217. The van der Waals surface area contributed by atoms with E-state index in [0.29, 0.717) is 35.5 Å². The van der Waals surface area contributed by atoms with Gasteiger partial charge >= 0.3 is 0 Å². The Kier molecular flexibility index (Phi) is 6.85. The summed E-state index contributed by atoms with van der Waals surface area (Å²) >= 11 is 0. The number of carbonyl (C=O) groups excluding carboxylic acids is 2. The Bertz CT molecular complexity index is 1250. The van der Waals surface area contributed by atoms with Gasteiger partial charge in [-0.25, -0.2) is 4.98 Å². The largest absolute Gasteiger partial charge is 0.454 e. The molecule has 34 heavy (non-hydrogen) atoms. The Balaban J connectivity index is 1.50. The van der Waals surface area contributed by atoms with E-state index in [4.69, 9.17) is 9.47 Å². The standard InChI is InChI=1S/C24H29N5O5/c1-4-29-12-17(22(30)16-10-19-20(11-18(16)29)34-14-33-19)23(31)27-21(15(2)3)24(32)26-6-5-8-28-9-7-25-13-28/h7,9-13,15,21H,4-6,8,14H2,1-3H3,(H,26,32)(H,27,31)/t21-/m0/s1. The zero-order valence-corrected chi connectivity index (χ0v) is 19.5. The molecule has 0 fully saturated rings. The van der Waals surface area contributed by atoms with Crippen molar-refractivity contribution >= 4 is 22.7 Å². The summed E-state index contributed by atoms with van der Waals surface area (Å²) < 4.78 is 14.6. The van der Waals surface area contributed by atoms with E-state index in [1.807, 2.05) is 36.1 Å². The summed E-state index contributed by atoms with van der Waals surface area (Å²) in [6.07, 6.45) is 7.54. The van der Waals surface area contributed by atoms with Crippen LogP contribution in [-0.2, 0) is 17.9 Å². The fourth-order valence-electron chi connectivity index (χ4n) is 3.96. The van der Waals surface area contributed by atoms with Gasteiger partial charge in [-0.3, -0.25) is 14.4 Å². The third kappa shape index (κ3) is 4.75. The first-order valence-electron chi connectivity index (χ1n) is 11.4. The number of fused-ring (bicyclic) bond motifs is 2. The smallest absolute Gasteiger partial charge is 0.257 e. The van der Waals surface area contributed by atoms with Gasteiger partial charge in [-0.2, -0.15) is 0 Å². The maximum absolute atomic E-state index is 13.2. The molecule has 0 saturated carbocycles. The highest BCUT2D eigenvalue weighted by Gasteiger charge is 2.27. The van der Waals surface area contributed by atoms with Gasteiger partial charge in [0.05, 0.1) is 17.2 Å². The van der Waals surface area contributed by atoms with Crippen molar-refractivity contribution < 1.29 is 19.1 Å². The Morgan fingerprint density at radius 3 is 2.65 bits per heavy atom. The lowest BCUT2D eigenvalue weighted by Crippen LogP contribution is -2.50. The number of aromatic nitrogens is 3. The molecule has 0 radical (unpaired) electrons. The van der Waals surface area contributed by atoms with E-state index in [-0.39, 0.29) is 24.2 Å². The number of pyridine rings is 1. The van der Waals surface area contributed by atoms with Crippen LogP contribution in [0.1, 0.15) is 37.6 Å². The number of hydrogen-bond donors (Lipinski definition) is 2. The van der Waals surface area contributed by atoms with E-state index in [1.165, 1.54) is 6.20 Å². The van der Waals surface area contributed by atoms with Crippen LogP contribution in [0, 0.1) is 5.92 Å². The van der Waals surface area contributed by atoms with Gasteiger partial charge < -0.3 is 29.2 Å². The first kappa shape index (κ1) is 23.3. The van der Waals surface area contributed by atoms with Crippen molar-refractivity contribution in [1.29, 1.82) is 0 Å². The Hall–Kier alpha value is -3.82. The Labute approximate surface area is 196 Å². The highest BCUT2D eigenvalue weighted by molar-refractivity contribution is 6.00. The van der Waals surface area contributed by atoms with Crippen molar-refractivity contribution in [3.8, 4) is 11.5 Å². The maximum Gasteiger partial charge on any atom is 0.257 e. The molecule has 2 amide bonds. The van der Waals surface area contributed by atoms with Crippen LogP contribution in [0.15, 0.2) is 41.8 Å². The molecule has 10 nitrogen and oxygen atoms in total. The highest BCUT2D eigenvalue weighted by atomic mass is 16.7. The topological polar surface area (TPSA) is 116 Å². The molecule has 2 aromatic heterocycles. The lowest BCUT2D eigenvalue weighted by Gasteiger charge is -2.22. The third-order valence-corrected chi connectivity index (χ3v) is 5.85. The summed E-state index contributed by atoms with van der Waals surface area (Å²) in [5, 5.41) is 6.00. The molecule has 1 aliphatic heterocycles.